The van der Waals surface area contributed by atoms with Gasteiger partial charge in [-0.05, 0) is 41.5 Å². The van der Waals surface area contributed by atoms with Crippen LogP contribution in [0.25, 0.3) is 11.1 Å². The highest BCUT2D eigenvalue weighted by molar-refractivity contribution is 5.95. The quantitative estimate of drug-likeness (QED) is 0.689. The van der Waals surface area contributed by atoms with Crippen LogP contribution in [0.3, 0.4) is 0 Å². The van der Waals surface area contributed by atoms with Gasteiger partial charge in [0.25, 0.3) is 5.91 Å². The maximum Gasteiger partial charge on any atom is 0.321 e. The van der Waals surface area contributed by atoms with Gasteiger partial charge in [-0.2, -0.15) is 0 Å². The van der Waals surface area contributed by atoms with Crippen LogP contribution >= 0.6 is 0 Å². The number of hydrogen-bond acceptors (Lipinski definition) is 3. The third-order valence-electron chi connectivity index (χ3n) is 5.41. The molecular formula is C25H25N3O3. The predicted octanol–water partition coefficient (Wildman–Crippen LogP) is 4.35. The Morgan fingerprint density at radius 1 is 0.774 bits per heavy atom. The molecule has 1 N–H and O–H groups in total. The summed E-state index contributed by atoms with van der Waals surface area (Å²) in [6.07, 6.45) is 0. The lowest BCUT2D eigenvalue weighted by atomic mass is 10.1. The summed E-state index contributed by atoms with van der Waals surface area (Å²) in [5.41, 5.74) is 3.58. The lowest BCUT2D eigenvalue weighted by Crippen LogP contribution is -2.51. The molecule has 0 bridgehead atoms. The topological polar surface area (TPSA) is 61.9 Å². The van der Waals surface area contributed by atoms with Crippen LogP contribution in [0.2, 0.25) is 0 Å². The first-order valence-electron chi connectivity index (χ1n) is 10.3. The summed E-state index contributed by atoms with van der Waals surface area (Å²) in [5.74, 6) is 0.609. The van der Waals surface area contributed by atoms with Crippen molar-refractivity contribution in [3.63, 3.8) is 0 Å². The van der Waals surface area contributed by atoms with Crippen LogP contribution in [0.1, 0.15) is 10.4 Å². The average Bonchev–Trinajstić information content (AvgIpc) is 2.84. The van der Waals surface area contributed by atoms with Crippen molar-refractivity contribution in [2.24, 2.45) is 0 Å². The molecule has 3 amide bonds. The molecule has 4 rings (SSSR count). The molecule has 0 atom stereocenters. The van der Waals surface area contributed by atoms with Crippen LogP contribution in [0.15, 0.2) is 78.9 Å². The number of piperazine rings is 1. The van der Waals surface area contributed by atoms with Crippen molar-refractivity contribution in [1.82, 2.24) is 9.80 Å². The van der Waals surface area contributed by atoms with E-state index in [0.717, 1.165) is 16.8 Å². The standard InChI is InChI=1S/C25H25N3O3/c1-31-23-9-5-8-21(18-23)24(29)27-14-16-28(17-15-27)25(30)26-22-12-10-20(11-13-22)19-6-3-2-4-7-19/h2-13,18H,14-17H2,1H3,(H,26,30). The molecule has 6 heteroatoms. The van der Waals surface area contributed by atoms with Gasteiger partial charge in [-0.25, -0.2) is 4.79 Å². The first kappa shape index (κ1) is 20.5. The van der Waals surface area contributed by atoms with Crippen molar-refractivity contribution in [3.8, 4) is 16.9 Å². The molecule has 1 fully saturated rings. The van der Waals surface area contributed by atoms with E-state index in [0.29, 0.717) is 37.5 Å². The van der Waals surface area contributed by atoms with Gasteiger partial charge >= 0.3 is 6.03 Å². The zero-order chi connectivity index (χ0) is 21.6. The van der Waals surface area contributed by atoms with Gasteiger partial charge in [0, 0.05) is 37.4 Å². The van der Waals surface area contributed by atoms with Crippen LogP contribution in [0, 0.1) is 0 Å². The lowest BCUT2D eigenvalue weighted by Gasteiger charge is -2.34. The van der Waals surface area contributed by atoms with Crippen LogP contribution in [-0.2, 0) is 0 Å². The molecule has 158 valence electrons. The number of urea groups is 1. The Balaban J connectivity index is 1.31. The van der Waals surface area contributed by atoms with E-state index in [1.54, 1.807) is 35.1 Å². The largest absolute Gasteiger partial charge is 0.497 e. The summed E-state index contributed by atoms with van der Waals surface area (Å²) < 4.78 is 5.20. The highest BCUT2D eigenvalue weighted by Gasteiger charge is 2.25. The Hall–Kier alpha value is -3.80. The molecule has 31 heavy (non-hydrogen) atoms. The van der Waals surface area contributed by atoms with Crippen molar-refractivity contribution in [2.45, 2.75) is 0 Å². The van der Waals surface area contributed by atoms with Gasteiger partial charge in [0.15, 0.2) is 0 Å². The number of rotatable bonds is 4. The summed E-state index contributed by atoms with van der Waals surface area (Å²) in [5, 5.41) is 2.95. The molecule has 0 saturated carbocycles. The first-order valence-corrected chi connectivity index (χ1v) is 10.3. The van der Waals surface area contributed by atoms with Gasteiger partial charge in [0.2, 0.25) is 0 Å². The third kappa shape index (κ3) is 4.86. The molecule has 1 aliphatic heterocycles. The zero-order valence-corrected chi connectivity index (χ0v) is 17.5. The second-order valence-electron chi connectivity index (χ2n) is 7.38. The summed E-state index contributed by atoms with van der Waals surface area (Å²) in [4.78, 5) is 28.9. The van der Waals surface area contributed by atoms with Crippen molar-refractivity contribution in [1.29, 1.82) is 0 Å². The molecule has 0 aromatic heterocycles. The highest BCUT2D eigenvalue weighted by atomic mass is 16.5. The van der Waals surface area contributed by atoms with Crippen molar-refractivity contribution in [2.75, 3.05) is 38.6 Å². The number of hydrogen-bond donors (Lipinski definition) is 1. The molecule has 3 aromatic carbocycles. The number of carbonyl (C=O) groups is 2. The number of benzene rings is 3. The number of amides is 3. The molecule has 1 heterocycles. The van der Waals surface area contributed by atoms with Crippen molar-refractivity contribution < 1.29 is 14.3 Å². The average molecular weight is 415 g/mol. The van der Waals surface area contributed by atoms with Gasteiger partial charge in [-0.3, -0.25) is 4.79 Å². The van der Waals surface area contributed by atoms with Crippen molar-refractivity contribution in [3.05, 3.63) is 84.4 Å². The van der Waals surface area contributed by atoms with Crippen LogP contribution in [0.4, 0.5) is 10.5 Å². The van der Waals surface area contributed by atoms with Crippen LogP contribution in [-0.4, -0.2) is 55.0 Å². The molecular weight excluding hydrogens is 390 g/mol. The summed E-state index contributed by atoms with van der Waals surface area (Å²) in [6.45, 7) is 1.97. The van der Waals surface area contributed by atoms with E-state index >= 15 is 0 Å². The number of nitrogens with zero attached hydrogens (tertiary/aromatic N) is 2. The molecule has 1 aliphatic rings. The molecule has 0 spiro atoms. The monoisotopic (exact) mass is 415 g/mol. The van der Waals surface area contributed by atoms with Gasteiger partial charge in [0.1, 0.15) is 5.75 Å². The molecule has 0 unspecified atom stereocenters. The second-order valence-corrected chi connectivity index (χ2v) is 7.38. The fraction of sp³-hybridized carbons (Fsp3) is 0.200. The SMILES string of the molecule is COc1cccc(C(=O)N2CCN(C(=O)Nc3ccc(-c4ccccc4)cc3)CC2)c1. The fourth-order valence-electron chi connectivity index (χ4n) is 3.63. The third-order valence-corrected chi connectivity index (χ3v) is 5.41. The van der Waals surface area contributed by atoms with E-state index in [2.05, 4.69) is 17.4 Å². The summed E-state index contributed by atoms with van der Waals surface area (Å²) >= 11 is 0. The van der Waals surface area contributed by atoms with Gasteiger partial charge < -0.3 is 19.9 Å². The number of anilines is 1. The van der Waals surface area contributed by atoms with Crippen LogP contribution < -0.4 is 10.1 Å². The van der Waals surface area contributed by atoms with Gasteiger partial charge in [-0.15, -0.1) is 0 Å². The summed E-state index contributed by atoms with van der Waals surface area (Å²) in [6, 6.07) is 24.9. The Kier molecular flexibility index (Phi) is 6.17. The van der Waals surface area contributed by atoms with Gasteiger partial charge in [0.05, 0.1) is 7.11 Å². The Bertz CT molecular complexity index is 1040. The molecule has 0 aliphatic carbocycles. The molecule has 1 saturated heterocycles. The van der Waals surface area contributed by atoms with Gasteiger partial charge in [-0.1, -0.05) is 48.5 Å². The van der Waals surface area contributed by atoms with Crippen LogP contribution in [0.5, 0.6) is 5.75 Å². The van der Waals surface area contributed by atoms with E-state index < -0.39 is 0 Å². The Labute approximate surface area is 182 Å². The Morgan fingerprint density at radius 3 is 2.10 bits per heavy atom. The molecule has 0 radical (unpaired) electrons. The van der Waals surface area contributed by atoms with E-state index in [9.17, 15) is 9.59 Å². The smallest absolute Gasteiger partial charge is 0.321 e. The predicted molar refractivity (Wildman–Crippen MR) is 121 cm³/mol. The minimum atomic E-state index is -0.152. The van der Waals surface area contributed by atoms with E-state index in [4.69, 9.17) is 4.74 Å². The highest BCUT2D eigenvalue weighted by Crippen LogP contribution is 2.21. The number of methoxy groups -OCH3 is 1. The minimum Gasteiger partial charge on any atom is -0.497 e. The number of nitrogens with one attached hydrogen (secondary N) is 1. The maximum atomic E-state index is 12.7. The Morgan fingerprint density at radius 2 is 1.42 bits per heavy atom. The van der Waals surface area contributed by atoms with Crippen molar-refractivity contribution >= 4 is 17.6 Å². The van der Waals surface area contributed by atoms with E-state index in [1.165, 1.54) is 0 Å². The molecule has 3 aromatic rings. The minimum absolute atomic E-state index is 0.0459. The lowest BCUT2D eigenvalue weighted by molar-refractivity contribution is 0.0671. The fourth-order valence-corrected chi connectivity index (χ4v) is 3.63. The number of carbonyl (C=O) groups excluding carboxylic acids is 2. The van der Waals surface area contributed by atoms with E-state index in [-0.39, 0.29) is 11.9 Å². The summed E-state index contributed by atoms with van der Waals surface area (Å²) in [7, 11) is 1.58. The first-order chi connectivity index (χ1) is 15.1. The second kappa shape index (κ2) is 9.34. The molecule has 6 nitrogen and oxygen atoms in total. The maximum absolute atomic E-state index is 12.7. The van der Waals surface area contributed by atoms with E-state index in [1.807, 2.05) is 48.5 Å². The number of ether oxygens (including phenoxy) is 1. The zero-order valence-electron chi connectivity index (χ0n) is 17.5. The normalized spacial score (nSPS) is 13.6.